The number of hydrogen-bond acceptors (Lipinski definition) is 3. The van der Waals surface area contributed by atoms with Crippen LogP contribution in [-0.4, -0.2) is 23.2 Å². The van der Waals surface area contributed by atoms with E-state index in [1.54, 1.807) is 11.3 Å². The smallest absolute Gasteiger partial charge is 0.220 e. The molecule has 21 heavy (non-hydrogen) atoms. The number of amides is 1. The molecule has 1 aromatic heterocycles. The molecule has 1 fully saturated rings. The summed E-state index contributed by atoms with van der Waals surface area (Å²) in [5.41, 5.74) is -0.689. The Kier molecular flexibility index (Phi) is 6.26. The monoisotopic (exact) mass is 373 g/mol. The minimum absolute atomic E-state index is 0.0530. The van der Waals surface area contributed by atoms with Crippen LogP contribution in [0.2, 0.25) is 0 Å². The highest BCUT2D eigenvalue weighted by molar-refractivity contribution is 9.11. The summed E-state index contributed by atoms with van der Waals surface area (Å²) in [5.74, 6) is 0.607. The van der Waals surface area contributed by atoms with Gasteiger partial charge in [-0.25, -0.2) is 0 Å². The summed E-state index contributed by atoms with van der Waals surface area (Å²) in [5, 5.41) is 13.4. The number of hydrogen-bond donors (Lipinski definition) is 2. The summed E-state index contributed by atoms with van der Waals surface area (Å²) in [7, 11) is 0. The molecule has 118 valence electrons. The van der Waals surface area contributed by atoms with Crippen LogP contribution in [0.3, 0.4) is 0 Å². The predicted octanol–water partition coefficient (Wildman–Crippen LogP) is 3.89. The highest BCUT2D eigenvalue weighted by Crippen LogP contribution is 2.31. The lowest BCUT2D eigenvalue weighted by Crippen LogP contribution is -2.45. The quantitative estimate of drug-likeness (QED) is 0.794. The summed E-state index contributed by atoms with van der Waals surface area (Å²) in [6.07, 6.45) is 6.17. The topological polar surface area (TPSA) is 49.3 Å². The van der Waals surface area contributed by atoms with Gasteiger partial charge < -0.3 is 10.4 Å². The van der Waals surface area contributed by atoms with Crippen molar-refractivity contribution in [3.63, 3.8) is 0 Å². The molecule has 1 amide bonds. The molecular formula is C16H24BrNO2S. The number of aliphatic hydroxyl groups is 1. The van der Waals surface area contributed by atoms with E-state index in [0.717, 1.165) is 35.9 Å². The molecular weight excluding hydrogens is 350 g/mol. The summed E-state index contributed by atoms with van der Waals surface area (Å²) < 4.78 is 1.13. The Morgan fingerprint density at radius 3 is 3.05 bits per heavy atom. The van der Waals surface area contributed by atoms with Crippen LogP contribution in [0.4, 0.5) is 0 Å². The Hall–Kier alpha value is -0.390. The van der Waals surface area contributed by atoms with Crippen LogP contribution >= 0.6 is 27.3 Å². The molecule has 0 spiro atoms. The van der Waals surface area contributed by atoms with Crippen molar-refractivity contribution < 1.29 is 9.90 Å². The second kappa shape index (κ2) is 7.75. The van der Waals surface area contributed by atoms with Crippen LogP contribution < -0.4 is 5.32 Å². The molecule has 1 saturated carbocycles. The average molecular weight is 374 g/mol. The molecule has 1 aliphatic carbocycles. The zero-order valence-electron chi connectivity index (χ0n) is 12.5. The summed E-state index contributed by atoms with van der Waals surface area (Å²) >= 11 is 5.16. The van der Waals surface area contributed by atoms with Crippen molar-refractivity contribution in [3.05, 3.63) is 20.8 Å². The van der Waals surface area contributed by atoms with Crippen molar-refractivity contribution in [2.45, 2.75) is 57.5 Å². The van der Waals surface area contributed by atoms with Crippen molar-refractivity contribution in [2.24, 2.45) is 5.92 Å². The maximum atomic E-state index is 11.9. The van der Waals surface area contributed by atoms with Gasteiger partial charge in [-0.1, -0.05) is 19.8 Å². The van der Waals surface area contributed by atoms with Crippen LogP contribution in [0.1, 0.15) is 50.3 Å². The lowest BCUT2D eigenvalue weighted by Gasteiger charge is -2.35. The summed E-state index contributed by atoms with van der Waals surface area (Å²) in [4.78, 5) is 13.2. The maximum absolute atomic E-state index is 11.9. The fourth-order valence-corrected chi connectivity index (χ4v) is 4.58. The zero-order valence-corrected chi connectivity index (χ0v) is 14.9. The van der Waals surface area contributed by atoms with Gasteiger partial charge in [0.2, 0.25) is 5.91 Å². The molecule has 0 radical (unpaired) electrons. The van der Waals surface area contributed by atoms with Crippen molar-refractivity contribution in [2.75, 3.05) is 6.54 Å². The van der Waals surface area contributed by atoms with E-state index in [9.17, 15) is 9.90 Å². The molecule has 0 saturated heterocycles. The molecule has 0 aromatic carbocycles. The van der Waals surface area contributed by atoms with Crippen molar-refractivity contribution in [3.8, 4) is 0 Å². The number of aryl methyl sites for hydroxylation is 1. The third-order valence-electron chi connectivity index (χ3n) is 4.14. The van der Waals surface area contributed by atoms with Crippen LogP contribution in [0.15, 0.2) is 15.9 Å². The van der Waals surface area contributed by atoms with Gasteiger partial charge in [0.15, 0.2) is 0 Å². The van der Waals surface area contributed by atoms with E-state index in [-0.39, 0.29) is 5.91 Å². The van der Waals surface area contributed by atoms with Crippen LogP contribution in [0.5, 0.6) is 0 Å². The molecule has 0 aliphatic heterocycles. The maximum Gasteiger partial charge on any atom is 0.220 e. The molecule has 1 aromatic rings. The Balaban J connectivity index is 1.65. The van der Waals surface area contributed by atoms with E-state index in [4.69, 9.17) is 0 Å². The van der Waals surface area contributed by atoms with E-state index >= 15 is 0 Å². The normalized spacial score (nSPS) is 25.8. The van der Waals surface area contributed by atoms with Gasteiger partial charge in [0, 0.05) is 17.8 Å². The van der Waals surface area contributed by atoms with Crippen LogP contribution in [-0.2, 0) is 11.2 Å². The Morgan fingerprint density at radius 2 is 2.38 bits per heavy atom. The number of carbonyl (C=O) groups excluding carboxylic acids is 1. The third kappa shape index (κ3) is 5.72. The molecule has 2 atom stereocenters. The second-order valence-corrected chi connectivity index (χ2v) is 8.81. The molecule has 5 heteroatoms. The summed E-state index contributed by atoms with van der Waals surface area (Å²) in [6.45, 7) is 2.58. The molecule has 2 rings (SSSR count). The fraction of sp³-hybridized carbons (Fsp3) is 0.688. The third-order valence-corrected chi connectivity index (χ3v) is 5.82. The van der Waals surface area contributed by atoms with E-state index < -0.39 is 5.60 Å². The fourth-order valence-electron chi connectivity index (χ4n) is 3.05. The molecule has 3 nitrogen and oxygen atoms in total. The first kappa shape index (κ1) is 17.0. The number of halogens is 1. The molecule has 1 aliphatic rings. The Bertz CT molecular complexity index is 477. The summed E-state index contributed by atoms with van der Waals surface area (Å²) in [6, 6.07) is 4.14. The minimum atomic E-state index is -0.689. The van der Waals surface area contributed by atoms with Gasteiger partial charge in [-0.3, -0.25) is 4.79 Å². The van der Waals surface area contributed by atoms with E-state index in [0.29, 0.717) is 18.9 Å². The molecule has 1 heterocycles. The first-order valence-corrected chi connectivity index (χ1v) is 9.31. The molecule has 2 unspecified atom stereocenters. The van der Waals surface area contributed by atoms with Crippen molar-refractivity contribution in [1.82, 2.24) is 5.32 Å². The predicted molar refractivity (Wildman–Crippen MR) is 90.5 cm³/mol. The van der Waals surface area contributed by atoms with E-state index in [1.165, 1.54) is 11.3 Å². The highest BCUT2D eigenvalue weighted by Gasteiger charge is 2.32. The van der Waals surface area contributed by atoms with Crippen molar-refractivity contribution in [1.29, 1.82) is 0 Å². The number of thiophene rings is 1. The van der Waals surface area contributed by atoms with Gasteiger partial charge in [-0.05, 0) is 59.7 Å². The number of carbonyl (C=O) groups is 1. The first-order chi connectivity index (χ1) is 9.97. The van der Waals surface area contributed by atoms with E-state index in [2.05, 4.69) is 34.2 Å². The SMILES string of the molecule is CC1CCCC(O)(CNC(=O)CCCc2ccc(Br)s2)C1. The van der Waals surface area contributed by atoms with Gasteiger partial charge in [-0.15, -0.1) is 11.3 Å². The zero-order chi connectivity index (χ0) is 15.3. The lowest BCUT2D eigenvalue weighted by atomic mass is 9.79. The Morgan fingerprint density at radius 1 is 1.57 bits per heavy atom. The highest BCUT2D eigenvalue weighted by atomic mass is 79.9. The standard InChI is InChI=1S/C16H24BrNO2S/c1-12-4-3-9-16(20,10-12)11-18-15(19)6-2-5-13-7-8-14(17)21-13/h7-8,12,20H,2-6,9-11H2,1H3,(H,18,19). The van der Waals surface area contributed by atoms with Gasteiger partial charge >= 0.3 is 0 Å². The first-order valence-electron chi connectivity index (χ1n) is 7.70. The van der Waals surface area contributed by atoms with Gasteiger partial charge in [0.25, 0.3) is 0 Å². The largest absolute Gasteiger partial charge is 0.388 e. The second-order valence-electron chi connectivity index (χ2n) is 6.26. The van der Waals surface area contributed by atoms with Gasteiger partial charge in [0.1, 0.15) is 0 Å². The van der Waals surface area contributed by atoms with Crippen molar-refractivity contribution >= 4 is 33.2 Å². The number of rotatable bonds is 6. The van der Waals surface area contributed by atoms with E-state index in [1.807, 2.05) is 6.07 Å². The van der Waals surface area contributed by atoms with Gasteiger partial charge in [0.05, 0.1) is 9.39 Å². The van der Waals surface area contributed by atoms with Crippen LogP contribution in [0, 0.1) is 5.92 Å². The minimum Gasteiger partial charge on any atom is -0.388 e. The molecule has 2 N–H and O–H groups in total. The van der Waals surface area contributed by atoms with Gasteiger partial charge in [-0.2, -0.15) is 0 Å². The lowest BCUT2D eigenvalue weighted by molar-refractivity contribution is -0.123. The molecule has 0 bridgehead atoms. The average Bonchev–Trinajstić information content (AvgIpc) is 2.82. The number of nitrogens with one attached hydrogen (secondary N) is 1. The van der Waals surface area contributed by atoms with Crippen LogP contribution in [0.25, 0.3) is 0 Å². The Labute approximate surface area is 139 Å².